The largest absolute Gasteiger partial charge is 0.342 e. The third kappa shape index (κ3) is 3.72. The van der Waals surface area contributed by atoms with Crippen molar-refractivity contribution in [3.05, 3.63) is 29.8 Å². The van der Waals surface area contributed by atoms with E-state index in [0.29, 0.717) is 6.54 Å². The van der Waals surface area contributed by atoms with Gasteiger partial charge in [-0.05, 0) is 31.9 Å². The van der Waals surface area contributed by atoms with Crippen molar-refractivity contribution in [2.75, 3.05) is 13.1 Å². The number of nitrogens with zero attached hydrogens (tertiary/aromatic N) is 5. The van der Waals surface area contributed by atoms with Crippen LogP contribution in [0.1, 0.15) is 51.0 Å². The van der Waals surface area contributed by atoms with Gasteiger partial charge in [0.05, 0.1) is 11.4 Å². The van der Waals surface area contributed by atoms with Crippen molar-refractivity contribution in [3.8, 4) is 11.4 Å². The topological polar surface area (TPSA) is 63.9 Å². The van der Waals surface area contributed by atoms with E-state index < -0.39 is 0 Å². The van der Waals surface area contributed by atoms with Crippen LogP contribution in [0, 0.1) is 12.3 Å². The second kappa shape index (κ2) is 6.58. The smallest absolute Gasteiger partial charge is 0.227 e. The van der Waals surface area contributed by atoms with Crippen molar-refractivity contribution >= 4 is 5.91 Å². The number of hydrogen-bond donors (Lipinski definition) is 0. The summed E-state index contributed by atoms with van der Waals surface area (Å²) in [4.78, 5) is 24.1. The van der Waals surface area contributed by atoms with Gasteiger partial charge in [0.2, 0.25) is 5.91 Å². The minimum atomic E-state index is -0.352. The Kier molecular flexibility index (Phi) is 4.62. The molecule has 1 atom stereocenters. The molecular weight excluding hydrogens is 314 g/mol. The average molecular weight is 341 g/mol. The Bertz CT molecular complexity index is 774. The first-order valence-corrected chi connectivity index (χ1v) is 8.89. The van der Waals surface area contributed by atoms with E-state index in [1.807, 2.05) is 56.5 Å². The highest BCUT2D eigenvalue weighted by Crippen LogP contribution is 2.29. The molecule has 0 saturated carbocycles. The van der Waals surface area contributed by atoms with E-state index in [9.17, 15) is 4.79 Å². The quantitative estimate of drug-likeness (QED) is 0.842. The Hall–Kier alpha value is -2.24. The van der Waals surface area contributed by atoms with Gasteiger partial charge in [0.1, 0.15) is 5.82 Å². The van der Waals surface area contributed by atoms with Gasteiger partial charge < -0.3 is 4.90 Å². The fraction of sp³-hybridized carbons (Fsp3) is 0.579. The third-order valence-electron chi connectivity index (χ3n) is 4.67. The van der Waals surface area contributed by atoms with Crippen LogP contribution in [-0.2, 0) is 11.8 Å². The predicted octanol–water partition coefficient (Wildman–Crippen LogP) is 2.94. The summed E-state index contributed by atoms with van der Waals surface area (Å²) in [5.74, 6) is 1.23. The summed E-state index contributed by atoms with van der Waals surface area (Å²) in [6, 6.07) is 3.95. The van der Waals surface area contributed by atoms with Crippen LogP contribution in [0.5, 0.6) is 0 Å². The maximum Gasteiger partial charge on any atom is 0.227 e. The number of carbonyl (C=O) groups excluding carboxylic acids is 1. The molecule has 1 aliphatic rings. The van der Waals surface area contributed by atoms with Crippen LogP contribution in [-0.4, -0.2) is 43.6 Å². The molecule has 1 amide bonds. The number of likely N-dealkylation sites (tertiary alicyclic amines) is 1. The fourth-order valence-electron chi connectivity index (χ4n) is 3.38. The lowest BCUT2D eigenvalue weighted by atomic mass is 9.91. The van der Waals surface area contributed by atoms with Crippen molar-refractivity contribution in [2.24, 2.45) is 12.5 Å². The van der Waals surface area contributed by atoms with Crippen molar-refractivity contribution in [3.63, 3.8) is 0 Å². The summed E-state index contributed by atoms with van der Waals surface area (Å²) in [6.45, 7) is 9.44. The van der Waals surface area contributed by atoms with E-state index in [1.165, 1.54) is 0 Å². The van der Waals surface area contributed by atoms with Gasteiger partial charge >= 0.3 is 0 Å². The molecule has 0 N–H and O–H groups in total. The molecule has 1 aliphatic heterocycles. The summed E-state index contributed by atoms with van der Waals surface area (Å²) in [5, 5.41) is 4.23. The monoisotopic (exact) mass is 341 g/mol. The normalized spacial score (nSPS) is 18.4. The van der Waals surface area contributed by atoms with Crippen LogP contribution >= 0.6 is 0 Å². The molecule has 0 radical (unpaired) electrons. The van der Waals surface area contributed by atoms with Crippen LogP contribution in [0.15, 0.2) is 18.3 Å². The maximum absolute atomic E-state index is 12.6. The van der Waals surface area contributed by atoms with Crippen molar-refractivity contribution in [1.82, 2.24) is 24.6 Å². The lowest BCUT2D eigenvalue weighted by Crippen LogP contribution is -2.44. The minimum Gasteiger partial charge on any atom is -0.342 e. The van der Waals surface area contributed by atoms with E-state index in [2.05, 4.69) is 10.1 Å². The maximum atomic E-state index is 12.6. The standard InChI is InChI=1S/C19H27N5O/c1-13-11-15(16-8-9-20-23(16)5)22-17(21-13)14-7-6-10-24(12-14)18(25)19(2,3)4/h8-9,11,14H,6-7,10,12H2,1-5H3/t14-/m0/s1. The Morgan fingerprint density at radius 1 is 1.28 bits per heavy atom. The molecule has 134 valence electrons. The molecule has 6 heteroatoms. The zero-order valence-electron chi connectivity index (χ0n) is 15.8. The number of amides is 1. The predicted molar refractivity (Wildman–Crippen MR) is 97.0 cm³/mol. The molecule has 0 unspecified atom stereocenters. The Balaban J connectivity index is 1.88. The molecular formula is C19H27N5O. The summed E-state index contributed by atoms with van der Waals surface area (Å²) in [6.07, 6.45) is 3.78. The van der Waals surface area contributed by atoms with Crippen molar-refractivity contribution in [2.45, 2.75) is 46.5 Å². The number of rotatable bonds is 2. The molecule has 25 heavy (non-hydrogen) atoms. The Morgan fingerprint density at radius 3 is 2.68 bits per heavy atom. The number of carbonyl (C=O) groups is 1. The molecule has 1 fully saturated rings. The zero-order chi connectivity index (χ0) is 18.2. The number of aryl methyl sites for hydroxylation is 2. The third-order valence-corrected chi connectivity index (χ3v) is 4.67. The van der Waals surface area contributed by atoms with E-state index in [1.54, 1.807) is 6.20 Å². The van der Waals surface area contributed by atoms with Gasteiger partial charge in [-0.25, -0.2) is 9.97 Å². The molecule has 1 saturated heterocycles. The summed E-state index contributed by atoms with van der Waals surface area (Å²) < 4.78 is 1.82. The molecule has 6 nitrogen and oxygen atoms in total. The van der Waals surface area contributed by atoms with E-state index >= 15 is 0 Å². The fourth-order valence-corrected chi connectivity index (χ4v) is 3.38. The SMILES string of the molecule is Cc1cc(-c2ccnn2C)nc([C@H]2CCCN(C(=O)C(C)(C)C)C2)n1. The van der Waals surface area contributed by atoms with Gasteiger partial charge in [-0.1, -0.05) is 20.8 Å². The first-order chi connectivity index (χ1) is 11.8. The van der Waals surface area contributed by atoms with Crippen LogP contribution in [0.2, 0.25) is 0 Å². The molecule has 0 spiro atoms. The van der Waals surface area contributed by atoms with Crippen LogP contribution in [0.4, 0.5) is 0 Å². The van der Waals surface area contributed by atoms with E-state index in [0.717, 1.165) is 42.3 Å². The Labute approximate surface area is 149 Å². The highest BCUT2D eigenvalue weighted by molar-refractivity contribution is 5.81. The highest BCUT2D eigenvalue weighted by Gasteiger charge is 2.32. The number of piperidine rings is 1. The van der Waals surface area contributed by atoms with Crippen molar-refractivity contribution in [1.29, 1.82) is 0 Å². The van der Waals surface area contributed by atoms with Crippen molar-refractivity contribution < 1.29 is 4.79 Å². The van der Waals surface area contributed by atoms with E-state index in [4.69, 9.17) is 4.98 Å². The van der Waals surface area contributed by atoms with Gasteiger partial charge in [-0.3, -0.25) is 9.48 Å². The van der Waals surface area contributed by atoms with Gasteiger partial charge in [0.25, 0.3) is 0 Å². The first-order valence-electron chi connectivity index (χ1n) is 8.89. The Morgan fingerprint density at radius 2 is 2.04 bits per heavy atom. The second-order valence-electron chi connectivity index (χ2n) is 7.93. The molecule has 0 aliphatic carbocycles. The molecule has 2 aromatic heterocycles. The van der Waals surface area contributed by atoms with Gasteiger partial charge in [0.15, 0.2) is 0 Å². The molecule has 2 aromatic rings. The molecule has 3 heterocycles. The van der Waals surface area contributed by atoms with Gasteiger partial charge in [-0.2, -0.15) is 5.10 Å². The first kappa shape index (κ1) is 17.6. The summed E-state index contributed by atoms with van der Waals surface area (Å²) in [7, 11) is 1.91. The molecule has 3 rings (SSSR count). The van der Waals surface area contributed by atoms with Crippen LogP contribution in [0.25, 0.3) is 11.4 Å². The molecule has 0 bridgehead atoms. The zero-order valence-corrected chi connectivity index (χ0v) is 15.8. The van der Waals surface area contributed by atoms with Crippen LogP contribution < -0.4 is 0 Å². The molecule has 0 aromatic carbocycles. The average Bonchev–Trinajstić information content (AvgIpc) is 2.99. The van der Waals surface area contributed by atoms with E-state index in [-0.39, 0.29) is 17.2 Å². The lowest BCUT2D eigenvalue weighted by molar-refractivity contribution is -0.140. The van der Waals surface area contributed by atoms with Gasteiger partial charge in [0, 0.05) is 43.4 Å². The second-order valence-corrected chi connectivity index (χ2v) is 7.93. The highest BCUT2D eigenvalue weighted by atomic mass is 16.2. The summed E-state index contributed by atoms with van der Waals surface area (Å²) >= 11 is 0. The van der Waals surface area contributed by atoms with Crippen LogP contribution in [0.3, 0.4) is 0 Å². The number of aromatic nitrogens is 4. The summed E-state index contributed by atoms with van der Waals surface area (Å²) in [5.41, 5.74) is 2.46. The minimum absolute atomic E-state index is 0.187. The van der Waals surface area contributed by atoms with Gasteiger partial charge in [-0.15, -0.1) is 0 Å². The lowest BCUT2D eigenvalue weighted by Gasteiger charge is -2.36. The number of hydrogen-bond acceptors (Lipinski definition) is 4.